The van der Waals surface area contributed by atoms with Gasteiger partial charge in [-0.1, -0.05) is 173 Å². The van der Waals surface area contributed by atoms with E-state index in [2.05, 4.69) is 215 Å². The van der Waals surface area contributed by atoms with E-state index in [1.165, 1.54) is 89.3 Å². The summed E-state index contributed by atoms with van der Waals surface area (Å²) in [6.45, 7) is 9.65. The summed E-state index contributed by atoms with van der Waals surface area (Å²) in [7, 11) is 0. The Balaban J connectivity index is 1.16. The first kappa shape index (κ1) is 33.4. The molecule has 0 bridgehead atoms. The zero-order chi connectivity index (χ0) is 37.3. The SMILES string of the molecule is CC1(C)c2ccccc2-c2cc3c(cc21)-c1c(-c2ccccc2)cc(N(c2ccc(-c4ccccc4)cc2)C2C=CC(c4ccccc4)=CC2)cc1C3(C)C. The van der Waals surface area contributed by atoms with Crippen molar-refractivity contribution in [1.29, 1.82) is 0 Å². The molecule has 0 saturated carbocycles. The molecule has 0 N–H and O–H groups in total. The van der Waals surface area contributed by atoms with E-state index in [1.807, 2.05) is 0 Å². The smallest absolute Gasteiger partial charge is 0.0560 e. The number of fused-ring (bicyclic) bond motifs is 6. The van der Waals surface area contributed by atoms with Gasteiger partial charge in [0.15, 0.2) is 0 Å². The Labute approximate surface area is 326 Å². The average molecular weight is 708 g/mol. The van der Waals surface area contributed by atoms with Crippen LogP contribution in [0.25, 0.3) is 50.1 Å². The molecule has 7 aromatic carbocycles. The minimum Gasteiger partial charge on any atom is -0.334 e. The zero-order valence-corrected chi connectivity index (χ0v) is 32.1. The van der Waals surface area contributed by atoms with Gasteiger partial charge in [0.2, 0.25) is 0 Å². The second kappa shape index (κ2) is 12.7. The van der Waals surface area contributed by atoms with Crippen LogP contribution in [0.15, 0.2) is 182 Å². The van der Waals surface area contributed by atoms with Crippen LogP contribution in [0.5, 0.6) is 0 Å². The molecule has 0 aliphatic heterocycles. The van der Waals surface area contributed by atoms with Gasteiger partial charge in [-0.15, -0.1) is 0 Å². The Bertz CT molecular complexity index is 2640. The normalized spacial score (nSPS) is 16.8. The standard InChI is InChI=1S/C54H45N/c1-53(2)48-23-15-14-22-44(48)46-34-50-47(35-49(46)53)52-45(40-20-12-7-13-21-40)32-43(33-51(52)54(50,3)4)55(41-28-24-38(25-29-41)36-16-8-5-9-17-36)42-30-26-39(27-31-42)37-18-10-6-11-19-37/h5-30,32-35,42H,31H2,1-4H3. The fourth-order valence-corrected chi connectivity index (χ4v) is 9.63. The van der Waals surface area contributed by atoms with Gasteiger partial charge in [0, 0.05) is 22.2 Å². The van der Waals surface area contributed by atoms with E-state index in [0.717, 1.165) is 6.42 Å². The predicted molar refractivity (Wildman–Crippen MR) is 233 cm³/mol. The van der Waals surface area contributed by atoms with Crippen molar-refractivity contribution in [2.45, 2.75) is 51.0 Å². The fourth-order valence-electron chi connectivity index (χ4n) is 9.63. The first-order valence-corrected chi connectivity index (χ1v) is 19.7. The summed E-state index contributed by atoms with van der Waals surface area (Å²) >= 11 is 0. The molecule has 0 spiro atoms. The minimum absolute atomic E-state index is 0.0666. The molecule has 0 fully saturated rings. The highest BCUT2D eigenvalue weighted by Crippen LogP contribution is 2.58. The van der Waals surface area contributed by atoms with Gasteiger partial charge in [-0.2, -0.15) is 0 Å². The van der Waals surface area contributed by atoms with Crippen molar-refractivity contribution in [3.63, 3.8) is 0 Å². The molecule has 1 nitrogen and oxygen atoms in total. The molecule has 0 amide bonds. The predicted octanol–water partition coefficient (Wildman–Crippen LogP) is 14.2. The van der Waals surface area contributed by atoms with Gasteiger partial charge in [0.05, 0.1) is 6.04 Å². The van der Waals surface area contributed by atoms with Crippen molar-refractivity contribution < 1.29 is 0 Å². The Morgan fingerprint density at radius 3 is 1.67 bits per heavy atom. The van der Waals surface area contributed by atoms with Crippen molar-refractivity contribution in [2.75, 3.05) is 4.90 Å². The average Bonchev–Trinajstić information content (AvgIpc) is 3.60. The van der Waals surface area contributed by atoms with Gasteiger partial charge in [0.25, 0.3) is 0 Å². The lowest BCUT2D eigenvalue weighted by Gasteiger charge is -2.35. The van der Waals surface area contributed by atoms with Gasteiger partial charge in [0.1, 0.15) is 0 Å². The van der Waals surface area contributed by atoms with Crippen LogP contribution in [0.1, 0.15) is 61.9 Å². The van der Waals surface area contributed by atoms with Crippen LogP contribution in [0.3, 0.4) is 0 Å². The molecule has 3 aliphatic rings. The van der Waals surface area contributed by atoms with Crippen LogP contribution < -0.4 is 4.90 Å². The van der Waals surface area contributed by atoms with Crippen LogP contribution in [0, 0.1) is 0 Å². The summed E-state index contributed by atoms with van der Waals surface area (Å²) in [5.74, 6) is 0. The van der Waals surface area contributed by atoms with Gasteiger partial charge in [-0.05, 0) is 121 Å². The van der Waals surface area contributed by atoms with E-state index < -0.39 is 0 Å². The van der Waals surface area contributed by atoms with Gasteiger partial charge >= 0.3 is 0 Å². The fraction of sp³-hybridized carbons (Fsp3) is 0.148. The third-order valence-electron chi connectivity index (χ3n) is 12.6. The van der Waals surface area contributed by atoms with E-state index in [4.69, 9.17) is 0 Å². The van der Waals surface area contributed by atoms with Crippen LogP contribution in [0.2, 0.25) is 0 Å². The van der Waals surface area contributed by atoms with Crippen molar-refractivity contribution in [3.8, 4) is 44.5 Å². The highest BCUT2D eigenvalue weighted by molar-refractivity contribution is 5.98. The molecule has 0 heterocycles. The molecule has 10 rings (SSSR count). The summed E-state index contributed by atoms with van der Waals surface area (Å²) in [5.41, 5.74) is 20.8. The third kappa shape index (κ3) is 5.36. The number of anilines is 2. The highest BCUT2D eigenvalue weighted by Gasteiger charge is 2.43. The van der Waals surface area contributed by atoms with Crippen LogP contribution in [-0.2, 0) is 10.8 Å². The number of rotatable bonds is 6. The summed E-state index contributed by atoms with van der Waals surface area (Å²) in [6.07, 6.45) is 8.05. The Kier molecular flexibility index (Phi) is 7.72. The lowest BCUT2D eigenvalue weighted by molar-refractivity contribution is 0.651. The topological polar surface area (TPSA) is 3.24 Å². The van der Waals surface area contributed by atoms with Crippen LogP contribution in [0.4, 0.5) is 11.4 Å². The Hall–Kier alpha value is -6.18. The van der Waals surface area contributed by atoms with Crippen molar-refractivity contribution in [2.24, 2.45) is 0 Å². The summed E-state index contributed by atoms with van der Waals surface area (Å²) in [6, 6.07) is 60.9. The van der Waals surface area contributed by atoms with Gasteiger partial charge in [-0.25, -0.2) is 0 Å². The van der Waals surface area contributed by atoms with Crippen LogP contribution in [-0.4, -0.2) is 6.04 Å². The molecule has 1 unspecified atom stereocenters. The first-order valence-electron chi connectivity index (χ1n) is 19.7. The van der Waals surface area contributed by atoms with Crippen molar-refractivity contribution >= 4 is 16.9 Å². The molecule has 3 aliphatic carbocycles. The molecule has 266 valence electrons. The van der Waals surface area contributed by atoms with Crippen molar-refractivity contribution in [3.05, 3.63) is 210 Å². The van der Waals surface area contributed by atoms with E-state index in [0.29, 0.717) is 0 Å². The quantitative estimate of drug-likeness (QED) is 0.166. The molecule has 55 heavy (non-hydrogen) atoms. The summed E-state index contributed by atoms with van der Waals surface area (Å²) in [4.78, 5) is 2.58. The zero-order valence-electron chi connectivity index (χ0n) is 32.1. The van der Waals surface area contributed by atoms with Gasteiger partial charge in [-0.3, -0.25) is 0 Å². The van der Waals surface area contributed by atoms with Gasteiger partial charge < -0.3 is 4.90 Å². The monoisotopic (exact) mass is 707 g/mol. The number of hydrogen-bond donors (Lipinski definition) is 0. The van der Waals surface area contributed by atoms with E-state index in [-0.39, 0.29) is 16.9 Å². The number of nitrogens with zero attached hydrogens (tertiary/aromatic N) is 1. The lowest BCUT2D eigenvalue weighted by Crippen LogP contribution is -2.30. The minimum atomic E-state index is -0.202. The molecule has 1 heteroatoms. The second-order valence-electron chi connectivity index (χ2n) is 16.5. The first-order chi connectivity index (χ1) is 26.8. The van der Waals surface area contributed by atoms with Crippen LogP contribution >= 0.6 is 0 Å². The number of allylic oxidation sites excluding steroid dienone is 2. The largest absolute Gasteiger partial charge is 0.334 e. The second-order valence-corrected chi connectivity index (χ2v) is 16.5. The molecular weight excluding hydrogens is 663 g/mol. The van der Waals surface area contributed by atoms with Crippen molar-refractivity contribution in [1.82, 2.24) is 0 Å². The third-order valence-corrected chi connectivity index (χ3v) is 12.6. The number of hydrogen-bond acceptors (Lipinski definition) is 1. The van der Waals surface area contributed by atoms with E-state index in [9.17, 15) is 0 Å². The molecular formula is C54H45N. The summed E-state index contributed by atoms with van der Waals surface area (Å²) in [5, 5.41) is 0. The number of benzene rings is 7. The van der Waals surface area contributed by atoms with E-state index >= 15 is 0 Å². The highest BCUT2D eigenvalue weighted by atomic mass is 15.2. The van der Waals surface area contributed by atoms with E-state index in [1.54, 1.807) is 0 Å². The molecule has 7 aromatic rings. The molecule has 0 aromatic heterocycles. The maximum absolute atomic E-state index is 2.58. The lowest BCUT2D eigenvalue weighted by atomic mass is 9.79. The molecule has 0 saturated heterocycles. The maximum Gasteiger partial charge on any atom is 0.0560 e. The summed E-state index contributed by atoms with van der Waals surface area (Å²) < 4.78 is 0. The molecule has 0 radical (unpaired) electrons. The molecule has 1 atom stereocenters. The Morgan fingerprint density at radius 2 is 1.00 bits per heavy atom. The maximum atomic E-state index is 2.58. The Morgan fingerprint density at radius 1 is 0.436 bits per heavy atom.